The molecule has 0 amide bonds. The van der Waals surface area contributed by atoms with Gasteiger partial charge in [0, 0.05) is 0 Å². The molecule has 1 nitrogen and oxygen atoms in total. The first-order valence-corrected chi connectivity index (χ1v) is 16.5. The maximum atomic E-state index is 11.7. The minimum atomic E-state index is -1.70. The average Bonchev–Trinajstić information content (AvgIpc) is 2.22. The lowest BCUT2D eigenvalue weighted by Crippen LogP contribution is -2.71. The predicted octanol–water partition coefficient (Wildman–Crippen LogP) is 10.7. The third-order valence-electron chi connectivity index (χ3n) is 2.42. The molecule has 0 aromatic heterocycles. The van der Waals surface area contributed by atoms with Crippen LogP contribution in [0.3, 0.4) is 0 Å². The summed E-state index contributed by atoms with van der Waals surface area (Å²) < 4.78 is -6.52. The van der Waals surface area contributed by atoms with E-state index in [-0.39, 0.29) is 0 Å². The zero-order chi connectivity index (χ0) is 19.5. The zero-order valence-corrected chi connectivity index (χ0v) is 33.4. The molecule has 0 aliphatic rings. The van der Waals surface area contributed by atoms with Crippen LogP contribution in [0.15, 0.2) is 0 Å². The Kier molecular flexibility index (Phi) is 12.5. The minimum Gasteiger partial charge on any atom is -0.381 e. The quantitative estimate of drug-likeness (QED) is 0.279. The molecule has 1 N–H and O–H groups in total. The number of rotatable bonds is 3. The smallest absolute Gasteiger partial charge is 0.168 e. The molecule has 0 heterocycles. The summed E-state index contributed by atoms with van der Waals surface area (Å²) in [4.78, 5) is 0. The van der Waals surface area contributed by atoms with Crippen LogP contribution in [0.4, 0.5) is 0 Å². The second kappa shape index (κ2) is 9.57. The van der Waals surface area contributed by atoms with Gasteiger partial charge in [0.25, 0.3) is 0 Å². The molecule has 0 aromatic carbocycles. The van der Waals surface area contributed by atoms with E-state index in [2.05, 4.69) is 239 Å². The first kappa shape index (κ1) is 30.2. The number of hydrogen-bond acceptors (Lipinski definition) is 1. The number of halogens is 15. The van der Waals surface area contributed by atoms with Crippen LogP contribution in [0.1, 0.15) is 0 Å². The molecular formula is C7HBr15O. The fourth-order valence-corrected chi connectivity index (χ4v) is 17.4. The predicted molar refractivity (Wildman–Crippen MR) is 155 cm³/mol. The minimum absolute atomic E-state index is 0.831. The molecule has 0 aliphatic carbocycles. The van der Waals surface area contributed by atoms with E-state index in [1.165, 1.54) is 0 Å². The Morgan fingerprint density at radius 3 is 0.783 bits per heavy atom. The fourth-order valence-electron chi connectivity index (χ4n) is 1.12. The normalized spacial score (nSPS) is 16.7. The highest BCUT2D eigenvalue weighted by molar-refractivity contribution is 9.42. The Morgan fingerprint density at radius 1 is 0.348 bits per heavy atom. The van der Waals surface area contributed by atoms with Crippen molar-refractivity contribution in [3.63, 3.8) is 0 Å². The Morgan fingerprint density at radius 2 is 0.609 bits per heavy atom. The zero-order valence-electron chi connectivity index (χ0n) is 9.62. The van der Waals surface area contributed by atoms with Crippen LogP contribution in [-0.4, -0.2) is 26.8 Å². The summed E-state index contributed by atoms with van der Waals surface area (Å²) in [5.41, 5.74) is -1.70. The highest BCUT2D eigenvalue weighted by Crippen LogP contribution is 2.75. The first-order chi connectivity index (χ1) is 9.50. The van der Waals surface area contributed by atoms with E-state index in [9.17, 15) is 5.11 Å². The summed E-state index contributed by atoms with van der Waals surface area (Å²) in [7, 11) is 0. The molecule has 0 aliphatic heterocycles. The van der Waals surface area contributed by atoms with E-state index >= 15 is 0 Å². The van der Waals surface area contributed by atoms with Gasteiger partial charge in [-0.1, -0.05) is 239 Å². The molecule has 0 radical (unpaired) electrons. The lowest BCUT2D eigenvalue weighted by molar-refractivity contribution is 0.0574. The van der Waals surface area contributed by atoms with E-state index in [0.717, 1.165) is 0 Å². The van der Waals surface area contributed by atoms with Gasteiger partial charge in [-0.2, -0.15) is 0 Å². The Hall–Kier alpha value is 7.16. The van der Waals surface area contributed by atoms with Gasteiger partial charge in [-0.3, -0.25) is 0 Å². The van der Waals surface area contributed by atoms with Crippen molar-refractivity contribution in [2.24, 2.45) is 0 Å². The van der Waals surface area contributed by atoms with Crippen LogP contribution in [0.2, 0.25) is 0 Å². The SMILES string of the molecule is OC(C(Br)(Br)Br)(C(Br)(Br)Br)C(Br)(Br)C(Br)(Br)C(Br)(Br)C(Br)(Br)Br. The van der Waals surface area contributed by atoms with Gasteiger partial charge in [0.15, 0.2) is 12.0 Å². The van der Waals surface area contributed by atoms with Gasteiger partial charge >= 0.3 is 0 Å². The molecule has 0 rings (SSSR count). The summed E-state index contributed by atoms with van der Waals surface area (Å²) in [5.74, 6) is 0. The van der Waals surface area contributed by atoms with Crippen LogP contribution in [0, 0.1) is 0 Å². The molecule has 0 spiro atoms. The Labute approximate surface area is 260 Å². The number of hydrogen-bond donors (Lipinski definition) is 1. The maximum absolute atomic E-state index is 11.7. The second-order valence-corrected chi connectivity index (χ2v) is 34.5. The fraction of sp³-hybridized carbons (Fsp3) is 1.00. The van der Waals surface area contributed by atoms with Gasteiger partial charge in [0.05, 0.1) is 0 Å². The summed E-state index contributed by atoms with van der Waals surface area (Å²) in [6.07, 6.45) is 0. The topological polar surface area (TPSA) is 20.2 Å². The van der Waals surface area contributed by atoms with Crippen LogP contribution in [-0.2, 0) is 0 Å². The highest BCUT2D eigenvalue weighted by Gasteiger charge is 2.78. The van der Waals surface area contributed by atoms with Crippen LogP contribution in [0.25, 0.3) is 0 Å². The van der Waals surface area contributed by atoms with E-state index < -0.39 is 21.7 Å². The van der Waals surface area contributed by atoms with Gasteiger partial charge in [-0.05, 0) is 0 Å². The van der Waals surface area contributed by atoms with Crippen molar-refractivity contribution < 1.29 is 5.11 Å². The molecular weight excluding hydrogens is 1300 g/mol. The van der Waals surface area contributed by atoms with Crippen LogP contribution >= 0.6 is 239 Å². The molecule has 23 heavy (non-hydrogen) atoms. The second-order valence-electron chi connectivity index (χ2n) is 3.93. The average molecular weight is 1300 g/mol. The van der Waals surface area contributed by atoms with Crippen molar-refractivity contribution in [3.05, 3.63) is 0 Å². The summed E-state index contributed by atoms with van der Waals surface area (Å²) >= 11 is 52.6. The number of alkyl halides is 15. The molecule has 0 saturated heterocycles. The van der Waals surface area contributed by atoms with E-state index in [1.54, 1.807) is 0 Å². The van der Waals surface area contributed by atoms with Crippen LogP contribution in [0.5, 0.6) is 0 Å². The summed E-state index contributed by atoms with van der Waals surface area (Å²) in [6, 6.07) is 0. The van der Waals surface area contributed by atoms with E-state index in [4.69, 9.17) is 0 Å². The third kappa shape index (κ3) is 5.75. The Balaban J connectivity index is 6.65. The van der Waals surface area contributed by atoms with Gasteiger partial charge < -0.3 is 5.11 Å². The van der Waals surface area contributed by atoms with E-state index in [0.29, 0.717) is 0 Å². The van der Waals surface area contributed by atoms with Crippen LogP contribution < -0.4 is 0 Å². The maximum Gasteiger partial charge on any atom is 0.168 e. The first-order valence-electron chi connectivity index (χ1n) is 4.56. The van der Waals surface area contributed by atoms with Crippen molar-refractivity contribution in [1.29, 1.82) is 0 Å². The third-order valence-corrected chi connectivity index (χ3v) is 22.2. The summed E-state index contributed by atoms with van der Waals surface area (Å²) in [5, 5.41) is 11.7. The monoisotopic (exact) mass is 1280 g/mol. The molecule has 0 unspecified atom stereocenters. The lowest BCUT2D eigenvalue weighted by atomic mass is 10.0. The molecule has 140 valence electrons. The summed E-state index contributed by atoms with van der Waals surface area (Å²) in [6.45, 7) is 0. The van der Waals surface area contributed by atoms with Crippen molar-refractivity contribution in [3.8, 4) is 0 Å². The highest BCUT2D eigenvalue weighted by atomic mass is 80.0. The van der Waals surface area contributed by atoms with Crippen molar-refractivity contribution in [2.75, 3.05) is 0 Å². The molecule has 0 saturated carbocycles. The van der Waals surface area contributed by atoms with Crippen molar-refractivity contribution in [2.45, 2.75) is 21.7 Å². The van der Waals surface area contributed by atoms with Gasteiger partial charge in [0.2, 0.25) is 0 Å². The molecule has 0 aromatic rings. The molecule has 0 fully saturated rings. The molecule has 0 bridgehead atoms. The standard InChI is InChI=1S/C7HBr15O/c8-2(9,1(23,5(14,15)16)6(17,18)19)3(10,11)4(12,13)7(20,21)22/h23H. The van der Waals surface area contributed by atoms with Gasteiger partial charge in [-0.25, -0.2) is 0 Å². The Bertz CT molecular complexity index is 422. The van der Waals surface area contributed by atoms with Gasteiger partial charge in [0.1, 0.15) is 9.70 Å². The molecule has 0 atom stereocenters. The van der Waals surface area contributed by atoms with Crippen molar-refractivity contribution in [1.82, 2.24) is 0 Å². The van der Waals surface area contributed by atoms with Crippen molar-refractivity contribution >= 4 is 239 Å². The number of aliphatic hydroxyl groups is 1. The largest absolute Gasteiger partial charge is 0.381 e. The van der Waals surface area contributed by atoms with E-state index in [1.807, 2.05) is 0 Å². The lowest BCUT2D eigenvalue weighted by Gasteiger charge is -2.57. The van der Waals surface area contributed by atoms with Gasteiger partial charge in [-0.15, -0.1) is 0 Å². The molecule has 16 heteroatoms.